The van der Waals surface area contributed by atoms with Crippen LogP contribution in [0.4, 0.5) is 14.5 Å². The normalized spacial score (nSPS) is 20.3. The summed E-state index contributed by atoms with van der Waals surface area (Å²) in [6, 6.07) is 13.7. The highest BCUT2D eigenvalue weighted by Gasteiger charge is 2.59. The van der Waals surface area contributed by atoms with Crippen LogP contribution in [0.5, 0.6) is 0 Å². The van der Waals surface area contributed by atoms with Crippen molar-refractivity contribution in [3.8, 4) is 0 Å². The van der Waals surface area contributed by atoms with E-state index in [9.17, 15) is 18.4 Å². The van der Waals surface area contributed by atoms with Gasteiger partial charge in [-0.05, 0) is 24.3 Å². The number of fused-ring (bicyclic) bond motifs is 2. The lowest BCUT2D eigenvalue weighted by Crippen LogP contribution is -2.50. The Morgan fingerprint density at radius 1 is 1.13 bits per heavy atom. The summed E-state index contributed by atoms with van der Waals surface area (Å²) in [5.41, 5.74) is 1.49. The summed E-state index contributed by atoms with van der Waals surface area (Å²) in [6.45, 7) is 0.316. The molecule has 0 unspecified atom stereocenters. The first-order valence-electron chi connectivity index (χ1n) is 9.37. The van der Waals surface area contributed by atoms with Crippen molar-refractivity contribution in [1.29, 1.82) is 0 Å². The predicted molar refractivity (Wildman–Crippen MR) is 108 cm³/mol. The van der Waals surface area contributed by atoms with Gasteiger partial charge in [-0.2, -0.15) is 0 Å². The zero-order chi connectivity index (χ0) is 20.9. The molecule has 5 rings (SSSR count). The summed E-state index contributed by atoms with van der Waals surface area (Å²) >= 11 is 1.38. The molecule has 5 nitrogen and oxygen atoms in total. The minimum Gasteiger partial charge on any atom is -0.459 e. The van der Waals surface area contributed by atoms with Crippen molar-refractivity contribution in [1.82, 2.24) is 4.90 Å². The first-order valence-corrected chi connectivity index (χ1v) is 10.4. The number of nitrogens with zero attached hydrogens (tertiary/aromatic N) is 2. The fraction of sp³-hybridized carbons (Fsp3) is 0.182. The quantitative estimate of drug-likeness (QED) is 0.632. The van der Waals surface area contributed by atoms with Crippen LogP contribution in [0.2, 0.25) is 0 Å². The van der Waals surface area contributed by atoms with Crippen LogP contribution >= 0.6 is 11.8 Å². The number of halogens is 2. The van der Waals surface area contributed by atoms with E-state index in [1.807, 2.05) is 12.1 Å². The minimum absolute atomic E-state index is 0.0624. The van der Waals surface area contributed by atoms with Gasteiger partial charge in [-0.3, -0.25) is 9.59 Å². The number of benzene rings is 2. The molecule has 1 atom stereocenters. The number of furan rings is 1. The standard InChI is InChI=1S/C22H16F2N2O3S/c23-15-8-7-14(17(24)12-15)13-25-18-5-2-1-4-16(18)22(21(25)28)26(9-11-30-22)20(27)19-6-3-10-29-19/h1-8,10,12H,9,11,13H2/t22-/m0/s1. The van der Waals surface area contributed by atoms with E-state index in [2.05, 4.69) is 0 Å². The fourth-order valence-electron chi connectivity index (χ4n) is 4.08. The average Bonchev–Trinajstić information content (AvgIpc) is 3.47. The minimum atomic E-state index is -1.24. The Morgan fingerprint density at radius 3 is 2.73 bits per heavy atom. The summed E-state index contributed by atoms with van der Waals surface area (Å²) in [5.74, 6) is -1.36. The maximum atomic E-state index is 14.3. The van der Waals surface area contributed by atoms with Crippen LogP contribution in [-0.4, -0.2) is 29.0 Å². The van der Waals surface area contributed by atoms with Gasteiger partial charge in [-0.15, -0.1) is 11.8 Å². The highest BCUT2D eigenvalue weighted by molar-refractivity contribution is 8.01. The molecule has 1 fully saturated rings. The molecule has 1 aromatic heterocycles. The van der Waals surface area contributed by atoms with Crippen molar-refractivity contribution in [2.45, 2.75) is 11.4 Å². The molecule has 3 aromatic rings. The first kappa shape index (κ1) is 18.9. The first-order chi connectivity index (χ1) is 14.5. The third-order valence-corrected chi connectivity index (χ3v) is 6.84. The maximum Gasteiger partial charge on any atom is 0.291 e. The van der Waals surface area contributed by atoms with Crippen molar-refractivity contribution in [2.24, 2.45) is 0 Å². The van der Waals surface area contributed by atoms with Crippen molar-refractivity contribution in [3.63, 3.8) is 0 Å². The number of anilines is 1. The second-order valence-electron chi connectivity index (χ2n) is 7.07. The third-order valence-electron chi connectivity index (χ3n) is 5.42. The summed E-state index contributed by atoms with van der Waals surface area (Å²) in [4.78, 5) is 28.6. The van der Waals surface area contributed by atoms with Crippen LogP contribution in [0.25, 0.3) is 0 Å². The van der Waals surface area contributed by atoms with Gasteiger partial charge in [0.1, 0.15) is 11.6 Å². The number of carbonyl (C=O) groups excluding carboxylic acids is 2. The Labute approximate surface area is 175 Å². The Balaban J connectivity index is 1.58. The predicted octanol–water partition coefficient (Wildman–Crippen LogP) is 4.15. The van der Waals surface area contributed by atoms with E-state index in [1.54, 1.807) is 24.3 Å². The summed E-state index contributed by atoms with van der Waals surface area (Å²) < 4.78 is 32.9. The van der Waals surface area contributed by atoms with Gasteiger partial charge < -0.3 is 14.2 Å². The highest BCUT2D eigenvalue weighted by atomic mass is 32.2. The zero-order valence-corrected chi connectivity index (χ0v) is 16.5. The van der Waals surface area contributed by atoms with E-state index < -0.39 is 16.5 Å². The van der Waals surface area contributed by atoms with Crippen LogP contribution in [0.3, 0.4) is 0 Å². The number of thioether (sulfide) groups is 1. The number of amides is 2. The summed E-state index contributed by atoms with van der Waals surface area (Å²) in [5, 5.41) is 0. The second kappa shape index (κ2) is 6.98. The van der Waals surface area contributed by atoms with Crippen LogP contribution < -0.4 is 4.90 Å². The highest BCUT2D eigenvalue weighted by Crippen LogP contribution is 2.54. The van der Waals surface area contributed by atoms with Gasteiger partial charge in [0, 0.05) is 29.5 Å². The molecule has 8 heteroatoms. The van der Waals surface area contributed by atoms with Gasteiger partial charge in [0.05, 0.1) is 18.5 Å². The van der Waals surface area contributed by atoms with E-state index in [-0.39, 0.29) is 29.7 Å². The number of hydrogen-bond acceptors (Lipinski definition) is 4. The topological polar surface area (TPSA) is 53.8 Å². The van der Waals surface area contributed by atoms with Crippen LogP contribution in [0.15, 0.2) is 65.3 Å². The average molecular weight is 426 g/mol. The summed E-state index contributed by atoms with van der Waals surface area (Å²) in [6.07, 6.45) is 1.41. The molecule has 30 heavy (non-hydrogen) atoms. The van der Waals surface area contributed by atoms with E-state index in [0.29, 0.717) is 23.5 Å². The molecule has 2 aliphatic rings. The molecule has 0 N–H and O–H groups in total. The largest absolute Gasteiger partial charge is 0.459 e. The SMILES string of the molecule is O=C(c1ccco1)N1CCS[C@@]12C(=O)N(Cc1ccc(F)cc1F)c1ccccc12. The maximum absolute atomic E-state index is 14.3. The molecule has 2 aliphatic heterocycles. The molecule has 2 amide bonds. The number of rotatable bonds is 3. The fourth-order valence-corrected chi connectivity index (χ4v) is 5.54. The van der Waals surface area contributed by atoms with Gasteiger partial charge in [-0.1, -0.05) is 24.3 Å². The Bertz CT molecular complexity index is 1150. The summed E-state index contributed by atoms with van der Waals surface area (Å²) in [7, 11) is 0. The molecule has 0 saturated carbocycles. The second-order valence-corrected chi connectivity index (χ2v) is 8.36. The number of para-hydroxylation sites is 1. The molecular weight excluding hydrogens is 410 g/mol. The number of hydrogen-bond donors (Lipinski definition) is 0. The lowest BCUT2D eigenvalue weighted by molar-refractivity contribution is -0.123. The Kier molecular flexibility index (Phi) is 4.39. The molecule has 0 radical (unpaired) electrons. The molecule has 0 aliphatic carbocycles. The van der Waals surface area contributed by atoms with E-state index in [0.717, 1.165) is 12.1 Å². The molecule has 152 valence electrons. The van der Waals surface area contributed by atoms with Crippen LogP contribution in [0.1, 0.15) is 21.7 Å². The monoisotopic (exact) mass is 426 g/mol. The third kappa shape index (κ3) is 2.67. The van der Waals surface area contributed by atoms with Gasteiger partial charge >= 0.3 is 0 Å². The van der Waals surface area contributed by atoms with Crippen LogP contribution in [0, 0.1) is 11.6 Å². The van der Waals surface area contributed by atoms with Gasteiger partial charge in [0.25, 0.3) is 11.8 Å². The molecule has 0 bridgehead atoms. The van der Waals surface area contributed by atoms with E-state index in [4.69, 9.17) is 4.42 Å². The lowest BCUT2D eigenvalue weighted by Gasteiger charge is -2.32. The molecular formula is C22H16F2N2O3S. The van der Waals surface area contributed by atoms with Gasteiger partial charge in [0.2, 0.25) is 0 Å². The van der Waals surface area contributed by atoms with Gasteiger partial charge in [0.15, 0.2) is 10.6 Å². The number of carbonyl (C=O) groups is 2. The molecule has 1 saturated heterocycles. The lowest BCUT2D eigenvalue weighted by atomic mass is 10.1. The Morgan fingerprint density at radius 2 is 1.97 bits per heavy atom. The molecule has 2 aromatic carbocycles. The smallest absolute Gasteiger partial charge is 0.291 e. The van der Waals surface area contributed by atoms with Crippen molar-refractivity contribution in [2.75, 3.05) is 17.2 Å². The van der Waals surface area contributed by atoms with E-state index >= 15 is 0 Å². The van der Waals surface area contributed by atoms with Crippen molar-refractivity contribution < 1.29 is 22.8 Å². The van der Waals surface area contributed by atoms with E-state index in [1.165, 1.54) is 33.9 Å². The Hall–Kier alpha value is -3.13. The van der Waals surface area contributed by atoms with Crippen molar-refractivity contribution >= 4 is 29.3 Å². The molecule has 3 heterocycles. The molecule has 1 spiro atoms. The van der Waals surface area contributed by atoms with Crippen LogP contribution in [-0.2, 0) is 16.2 Å². The van der Waals surface area contributed by atoms with Crippen molar-refractivity contribution in [3.05, 3.63) is 89.4 Å². The zero-order valence-electron chi connectivity index (χ0n) is 15.7. The van der Waals surface area contributed by atoms with Gasteiger partial charge in [-0.25, -0.2) is 8.78 Å².